The molecule has 0 spiro atoms. The zero-order valence-corrected chi connectivity index (χ0v) is 20.2. The Morgan fingerprint density at radius 2 is 1.82 bits per heavy atom. The minimum Gasteiger partial charge on any atom is -0.324 e. The molecular formula is C23H25ClN4O4S. The third kappa shape index (κ3) is 5.68. The number of benzene rings is 2. The molecule has 1 amide bonds. The number of aryl methyl sites for hydroxylation is 1. The molecule has 0 fully saturated rings. The topological polar surface area (TPSA) is 101 Å². The van der Waals surface area contributed by atoms with Crippen LogP contribution in [0.3, 0.4) is 0 Å². The Hall–Kier alpha value is -3.01. The first-order valence-corrected chi connectivity index (χ1v) is 12.2. The number of aromatic nitrogens is 2. The number of amides is 1. The van der Waals surface area contributed by atoms with E-state index in [0.29, 0.717) is 40.6 Å². The molecule has 0 radical (unpaired) electrons. The summed E-state index contributed by atoms with van der Waals surface area (Å²) in [5.41, 5.74) is 1.56. The van der Waals surface area contributed by atoms with Crippen LogP contribution in [-0.2, 0) is 21.4 Å². The van der Waals surface area contributed by atoms with E-state index >= 15 is 0 Å². The molecule has 8 nitrogen and oxygen atoms in total. The Morgan fingerprint density at radius 1 is 1.09 bits per heavy atom. The maximum Gasteiger partial charge on any atom is 0.267 e. The number of halogens is 1. The van der Waals surface area contributed by atoms with Crippen LogP contribution in [0, 0.1) is 6.92 Å². The van der Waals surface area contributed by atoms with Crippen LogP contribution in [0.15, 0.2) is 64.3 Å². The van der Waals surface area contributed by atoms with E-state index in [2.05, 4.69) is 10.4 Å². The van der Waals surface area contributed by atoms with Gasteiger partial charge in [-0.1, -0.05) is 43.6 Å². The monoisotopic (exact) mass is 488 g/mol. The fourth-order valence-corrected chi connectivity index (χ4v) is 5.26. The number of hydrogen-bond acceptors (Lipinski definition) is 5. The van der Waals surface area contributed by atoms with Crippen molar-refractivity contribution in [3.63, 3.8) is 0 Å². The van der Waals surface area contributed by atoms with E-state index in [9.17, 15) is 18.0 Å². The van der Waals surface area contributed by atoms with E-state index in [-0.39, 0.29) is 11.4 Å². The van der Waals surface area contributed by atoms with Crippen LogP contribution in [0.4, 0.5) is 5.69 Å². The fraction of sp³-hybridized carbons (Fsp3) is 0.261. The lowest BCUT2D eigenvalue weighted by Gasteiger charge is -2.20. The summed E-state index contributed by atoms with van der Waals surface area (Å²) < 4.78 is 28.5. The second-order valence-electron chi connectivity index (χ2n) is 7.34. The highest BCUT2D eigenvalue weighted by atomic mass is 35.5. The van der Waals surface area contributed by atoms with Crippen LogP contribution in [0.2, 0.25) is 5.02 Å². The molecule has 2 aromatic carbocycles. The number of carbonyl (C=O) groups is 1. The van der Waals surface area contributed by atoms with Crippen molar-refractivity contribution in [2.24, 2.45) is 0 Å². The fourth-order valence-electron chi connectivity index (χ4n) is 3.36. The lowest BCUT2D eigenvalue weighted by Crippen LogP contribution is -2.31. The van der Waals surface area contributed by atoms with Gasteiger partial charge in [0.2, 0.25) is 15.9 Å². The van der Waals surface area contributed by atoms with E-state index < -0.39 is 21.5 Å². The first-order valence-electron chi connectivity index (χ1n) is 10.4. The van der Waals surface area contributed by atoms with Crippen molar-refractivity contribution in [2.75, 3.05) is 18.4 Å². The molecule has 0 bridgehead atoms. The van der Waals surface area contributed by atoms with Gasteiger partial charge in [0.1, 0.15) is 6.54 Å². The Labute approximate surface area is 197 Å². The number of nitrogens with zero attached hydrogens (tertiary/aromatic N) is 3. The van der Waals surface area contributed by atoms with Gasteiger partial charge in [-0.25, -0.2) is 13.1 Å². The second kappa shape index (κ2) is 10.3. The van der Waals surface area contributed by atoms with Crippen LogP contribution in [0.5, 0.6) is 0 Å². The Morgan fingerprint density at radius 3 is 2.48 bits per heavy atom. The molecule has 0 saturated heterocycles. The summed E-state index contributed by atoms with van der Waals surface area (Å²) in [4.78, 5) is 24.9. The molecule has 0 atom stereocenters. The molecule has 1 N–H and O–H groups in total. The molecule has 10 heteroatoms. The number of rotatable bonds is 8. The third-order valence-corrected chi connectivity index (χ3v) is 7.50. The van der Waals surface area contributed by atoms with Crippen LogP contribution in [-0.4, -0.2) is 41.5 Å². The summed E-state index contributed by atoms with van der Waals surface area (Å²) in [7, 11) is -3.68. The van der Waals surface area contributed by atoms with E-state index in [1.54, 1.807) is 63.2 Å². The normalized spacial score (nSPS) is 11.5. The van der Waals surface area contributed by atoms with Gasteiger partial charge in [-0.05, 0) is 42.8 Å². The van der Waals surface area contributed by atoms with Gasteiger partial charge in [0, 0.05) is 35.4 Å². The maximum absolute atomic E-state index is 13.1. The van der Waals surface area contributed by atoms with Crippen molar-refractivity contribution in [1.29, 1.82) is 0 Å². The predicted molar refractivity (Wildman–Crippen MR) is 129 cm³/mol. The molecule has 0 unspecified atom stereocenters. The molecule has 3 rings (SSSR count). The van der Waals surface area contributed by atoms with Gasteiger partial charge in [-0.3, -0.25) is 9.59 Å². The van der Waals surface area contributed by atoms with E-state index in [1.807, 2.05) is 0 Å². The van der Waals surface area contributed by atoms with E-state index in [0.717, 1.165) is 4.68 Å². The van der Waals surface area contributed by atoms with E-state index in [4.69, 9.17) is 11.6 Å². The Bertz CT molecular complexity index is 1330. The average Bonchev–Trinajstić information content (AvgIpc) is 2.76. The summed E-state index contributed by atoms with van der Waals surface area (Å²) in [6, 6.07) is 14.4. The van der Waals surface area contributed by atoms with Crippen LogP contribution < -0.4 is 10.9 Å². The smallest absolute Gasteiger partial charge is 0.267 e. The van der Waals surface area contributed by atoms with Gasteiger partial charge in [0.25, 0.3) is 5.56 Å². The van der Waals surface area contributed by atoms with Gasteiger partial charge in [0.15, 0.2) is 0 Å². The quantitative estimate of drug-likeness (QED) is 0.522. The predicted octanol–water partition coefficient (Wildman–Crippen LogP) is 3.54. The molecule has 3 aromatic rings. The van der Waals surface area contributed by atoms with Gasteiger partial charge in [0.05, 0.1) is 10.6 Å². The largest absolute Gasteiger partial charge is 0.324 e. The van der Waals surface area contributed by atoms with Crippen molar-refractivity contribution in [2.45, 2.75) is 32.2 Å². The number of anilines is 1. The van der Waals surface area contributed by atoms with Crippen molar-refractivity contribution >= 4 is 33.2 Å². The number of hydrogen-bond donors (Lipinski definition) is 1. The minimum absolute atomic E-state index is 0.182. The van der Waals surface area contributed by atoms with Crippen molar-refractivity contribution in [3.05, 3.63) is 75.5 Å². The van der Waals surface area contributed by atoms with Gasteiger partial charge in [-0.2, -0.15) is 9.40 Å². The second-order valence-corrected chi connectivity index (χ2v) is 9.69. The lowest BCUT2D eigenvalue weighted by molar-refractivity contribution is -0.117. The zero-order chi connectivity index (χ0) is 24.2. The Balaban J connectivity index is 1.92. The van der Waals surface area contributed by atoms with Gasteiger partial charge >= 0.3 is 0 Å². The number of sulfonamides is 1. The van der Waals surface area contributed by atoms with Crippen molar-refractivity contribution < 1.29 is 13.2 Å². The van der Waals surface area contributed by atoms with Crippen molar-refractivity contribution in [3.8, 4) is 11.3 Å². The SMILES string of the molecule is CCN(CC)S(=O)(=O)c1cc(-c2ccc(=O)n(CC(=O)Nc3cccc(Cl)c3)n2)ccc1C. The number of carbonyl (C=O) groups excluding carboxylic acids is 1. The van der Waals surface area contributed by atoms with Crippen LogP contribution in [0.1, 0.15) is 19.4 Å². The van der Waals surface area contributed by atoms with E-state index in [1.165, 1.54) is 16.4 Å². The number of nitrogens with one attached hydrogen (secondary N) is 1. The summed E-state index contributed by atoms with van der Waals surface area (Å²) >= 11 is 5.93. The van der Waals surface area contributed by atoms with Crippen molar-refractivity contribution in [1.82, 2.24) is 14.1 Å². The highest BCUT2D eigenvalue weighted by molar-refractivity contribution is 7.89. The summed E-state index contributed by atoms with van der Waals surface area (Å²) in [6.45, 7) is 5.70. The van der Waals surface area contributed by atoms with Crippen LogP contribution in [0.25, 0.3) is 11.3 Å². The molecule has 0 saturated carbocycles. The molecule has 0 aliphatic rings. The molecule has 1 heterocycles. The summed E-state index contributed by atoms with van der Waals surface area (Å²) in [5, 5.41) is 7.43. The first kappa shape index (κ1) is 24.6. The minimum atomic E-state index is -3.68. The molecule has 174 valence electrons. The molecule has 0 aliphatic heterocycles. The first-order chi connectivity index (χ1) is 15.6. The van der Waals surface area contributed by atoms with Gasteiger partial charge < -0.3 is 5.32 Å². The van der Waals surface area contributed by atoms with Crippen LogP contribution >= 0.6 is 11.6 Å². The standard InChI is InChI=1S/C23H25ClN4O4S/c1-4-27(5-2)33(31,32)21-13-17(10-9-16(21)3)20-11-12-23(30)28(26-20)15-22(29)25-19-8-6-7-18(24)14-19/h6-14H,4-5,15H2,1-3H3,(H,25,29). The zero-order valence-electron chi connectivity index (χ0n) is 18.6. The lowest BCUT2D eigenvalue weighted by atomic mass is 10.1. The average molecular weight is 489 g/mol. The molecule has 0 aliphatic carbocycles. The highest BCUT2D eigenvalue weighted by Crippen LogP contribution is 2.26. The highest BCUT2D eigenvalue weighted by Gasteiger charge is 2.24. The summed E-state index contributed by atoms with van der Waals surface area (Å²) in [5.74, 6) is -0.447. The summed E-state index contributed by atoms with van der Waals surface area (Å²) in [6.07, 6.45) is 0. The molecular weight excluding hydrogens is 464 g/mol. The third-order valence-electron chi connectivity index (χ3n) is 5.08. The van der Waals surface area contributed by atoms with Gasteiger partial charge in [-0.15, -0.1) is 0 Å². The Kier molecular flexibility index (Phi) is 7.68. The molecule has 33 heavy (non-hydrogen) atoms. The maximum atomic E-state index is 13.1. The molecule has 1 aromatic heterocycles.